The molecule has 27 heavy (non-hydrogen) atoms. The van der Waals surface area contributed by atoms with Crippen molar-refractivity contribution in [2.45, 2.75) is 0 Å². The van der Waals surface area contributed by atoms with Gasteiger partial charge in [0.15, 0.2) is 5.65 Å². The van der Waals surface area contributed by atoms with Crippen LogP contribution in [0.1, 0.15) is 0 Å². The third-order valence-electron chi connectivity index (χ3n) is 4.31. The molecule has 0 saturated heterocycles. The van der Waals surface area contributed by atoms with Crippen molar-refractivity contribution in [1.29, 1.82) is 0 Å². The number of methoxy groups -OCH3 is 1. The molecule has 0 spiro atoms. The molecule has 0 atom stereocenters. The topological polar surface area (TPSA) is 67.6 Å². The van der Waals surface area contributed by atoms with Gasteiger partial charge in [-0.05, 0) is 29.8 Å². The van der Waals surface area contributed by atoms with E-state index in [1.54, 1.807) is 24.0 Å². The van der Waals surface area contributed by atoms with Gasteiger partial charge < -0.3 is 15.0 Å². The molecule has 7 heteroatoms. The molecule has 3 aromatic heterocycles. The highest BCUT2D eigenvalue weighted by Crippen LogP contribution is 2.27. The number of anilines is 3. The fourth-order valence-corrected chi connectivity index (χ4v) is 2.85. The highest BCUT2D eigenvalue weighted by atomic mass is 16.5. The molecule has 136 valence electrons. The van der Waals surface area contributed by atoms with E-state index in [2.05, 4.69) is 49.5 Å². The fourth-order valence-electron chi connectivity index (χ4n) is 2.85. The Labute approximate surface area is 157 Å². The number of hydrogen-bond donors (Lipinski definition) is 1. The summed E-state index contributed by atoms with van der Waals surface area (Å²) < 4.78 is 6.89. The molecular formula is C20H20N6O. The van der Waals surface area contributed by atoms with Crippen LogP contribution in [0.5, 0.6) is 5.88 Å². The highest BCUT2D eigenvalue weighted by molar-refractivity contribution is 5.79. The zero-order valence-electron chi connectivity index (χ0n) is 15.4. The van der Waals surface area contributed by atoms with Crippen molar-refractivity contribution in [2.75, 3.05) is 31.4 Å². The predicted molar refractivity (Wildman–Crippen MR) is 107 cm³/mol. The van der Waals surface area contributed by atoms with Crippen molar-refractivity contribution < 1.29 is 4.74 Å². The normalized spacial score (nSPS) is 10.8. The number of rotatable bonds is 5. The van der Waals surface area contributed by atoms with Crippen molar-refractivity contribution in [3.63, 3.8) is 0 Å². The minimum Gasteiger partial charge on any atom is -0.481 e. The molecule has 0 radical (unpaired) electrons. The average Bonchev–Trinajstić information content (AvgIpc) is 3.14. The first-order valence-corrected chi connectivity index (χ1v) is 8.53. The number of fused-ring (bicyclic) bond motifs is 1. The van der Waals surface area contributed by atoms with Crippen LogP contribution in [-0.4, -0.2) is 40.8 Å². The predicted octanol–water partition coefficient (Wildman–Crippen LogP) is 3.61. The van der Waals surface area contributed by atoms with Gasteiger partial charge in [-0.25, -0.2) is 9.97 Å². The highest BCUT2D eigenvalue weighted by Gasteiger charge is 2.11. The number of nitrogens with one attached hydrogen (secondary N) is 1. The van der Waals surface area contributed by atoms with Gasteiger partial charge in [0, 0.05) is 37.6 Å². The van der Waals surface area contributed by atoms with Crippen LogP contribution in [-0.2, 0) is 0 Å². The molecular weight excluding hydrogens is 340 g/mol. The second-order valence-electron chi connectivity index (χ2n) is 6.28. The molecule has 0 fully saturated rings. The first-order chi connectivity index (χ1) is 13.2. The number of hydrogen-bond acceptors (Lipinski definition) is 6. The van der Waals surface area contributed by atoms with Crippen LogP contribution in [0.15, 0.2) is 61.1 Å². The third kappa shape index (κ3) is 3.27. The van der Waals surface area contributed by atoms with E-state index in [4.69, 9.17) is 4.74 Å². The number of ether oxygens (including phenoxy) is 1. The molecule has 0 aliphatic carbocycles. The third-order valence-corrected chi connectivity index (χ3v) is 4.31. The lowest BCUT2D eigenvalue weighted by Crippen LogP contribution is -2.07. The maximum atomic E-state index is 5.10. The minimum absolute atomic E-state index is 0.572. The van der Waals surface area contributed by atoms with Crippen LogP contribution in [0.4, 0.5) is 17.2 Å². The van der Waals surface area contributed by atoms with Crippen LogP contribution in [0.25, 0.3) is 16.8 Å². The fraction of sp³-hybridized carbons (Fsp3) is 0.150. The molecule has 0 aliphatic heterocycles. The molecule has 0 unspecified atom stereocenters. The van der Waals surface area contributed by atoms with Crippen LogP contribution in [0.2, 0.25) is 0 Å². The van der Waals surface area contributed by atoms with Gasteiger partial charge in [-0.3, -0.25) is 0 Å². The maximum absolute atomic E-state index is 5.10. The summed E-state index contributed by atoms with van der Waals surface area (Å²) in [4.78, 5) is 10.8. The Morgan fingerprint density at radius 3 is 2.44 bits per heavy atom. The lowest BCUT2D eigenvalue weighted by Gasteiger charge is -2.12. The molecule has 0 aliphatic rings. The number of benzene rings is 1. The number of nitrogens with zero attached hydrogens (tertiary/aromatic N) is 5. The van der Waals surface area contributed by atoms with Crippen molar-refractivity contribution in [1.82, 2.24) is 19.6 Å². The van der Waals surface area contributed by atoms with E-state index in [9.17, 15) is 0 Å². The Kier molecular flexibility index (Phi) is 4.33. The standard InChI is InChI=1S/C20H20N6O/c1-25(2)16-7-4-14(5-8-16)17-13-23-26-18(10-11-21-20(17)26)24-15-6-9-19(27-3)22-12-15/h4-13,24H,1-3H3. The van der Waals surface area contributed by atoms with E-state index >= 15 is 0 Å². The van der Waals surface area contributed by atoms with Gasteiger partial charge in [0.2, 0.25) is 5.88 Å². The lowest BCUT2D eigenvalue weighted by atomic mass is 10.1. The SMILES string of the molecule is COc1ccc(Nc2ccnc3c(-c4ccc(N(C)C)cc4)cnn23)cn1. The van der Waals surface area contributed by atoms with E-state index in [1.165, 1.54) is 0 Å². The largest absolute Gasteiger partial charge is 0.481 e. The molecule has 1 aromatic carbocycles. The zero-order valence-corrected chi connectivity index (χ0v) is 15.4. The average molecular weight is 360 g/mol. The van der Waals surface area contributed by atoms with E-state index in [0.717, 1.165) is 34.0 Å². The van der Waals surface area contributed by atoms with Crippen LogP contribution >= 0.6 is 0 Å². The van der Waals surface area contributed by atoms with E-state index < -0.39 is 0 Å². The molecule has 0 amide bonds. The molecule has 7 nitrogen and oxygen atoms in total. The van der Waals surface area contributed by atoms with Gasteiger partial charge in [0.25, 0.3) is 0 Å². The van der Waals surface area contributed by atoms with Gasteiger partial charge in [0.1, 0.15) is 5.82 Å². The van der Waals surface area contributed by atoms with Gasteiger partial charge in [-0.1, -0.05) is 12.1 Å². The summed E-state index contributed by atoms with van der Waals surface area (Å²) in [6.07, 6.45) is 5.33. The smallest absolute Gasteiger partial charge is 0.213 e. The number of aromatic nitrogens is 4. The summed E-state index contributed by atoms with van der Waals surface area (Å²) in [5.74, 6) is 1.38. The van der Waals surface area contributed by atoms with E-state index in [1.807, 2.05) is 38.5 Å². The second-order valence-corrected chi connectivity index (χ2v) is 6.28. The quantitative estimate of drug-likeness (QED) is 0.586. The lowest BCUT2D eigenvalue weighted by molar-refractivity contribution is 0.398. The monoisotopic (exact) mass is 360 g/mol. The maximum Gasteiger partial charge on any atom is 0.213 e. The van der Waals surface area contributed by atoms with E-state index in [-0.39, 0.29) is 0 Å². The Bertz CT molecular complexity index is 1050. The molecule has 3 heterocycles. The van der Waals surface area contributed by atoms with Gasteiger partial charge >= 0.3 is 0 Å². The molecule has 4 aromatic rings. The minimum atomic E-state index is 0.572. The van der Waals surface area contributed by atoms with Gasteiger partial charge in [-0.2, -0.15) is 9.61 Å². The molecule has 0 saturated carbocycles. The van der Waals surface area contributed by atoms with Crippen molar-refractivity contribution in [3.8, 4) is 17.0 Å². The first-order valence-electron chi connectivity index (χ1n) is 8.53. The van der Waals surface area contributed by atoms with Crippen molar-refractivity contribution in [2.24, 2.45) is 0 Å². The summed E-state index contributed by atoms with van der Waals surface area (Å²) in [6.45, 7) is 0. The Morgan fingerprint density at radius 2 is 1.78 bits per heavy atom. The van der Waals surface area contributed by atoms with Crippen LogP contribution < -0.4 is 15.0 Å². The Hall–Kier alpha value is -3.61. The van der Waals surface area contributed by atoms with Gasteiger partial charge in [-0.15, -0.1) is 0 Å². The van der Waals surface area contributed by atoms with Crippen molar-refractivity contribution >= 4 is 22.8 Å². The number of pyridine rings is 1. The Morgan fingerprint density at radius 1 is 0.963 bits per heavy atom. The second kappa shape index (κ2) is 6.95. The van der Waals surface area contributed by atoms with E-state index in [0.29, 0.717) is 5.88 Å². The molecule has 4 rings (SSSR count). The van der Waals surface area contributed by atoms with Crippen LogP contribution in [0, 0.1) is 0 Å². The van der Waals surface area contributed by atoms with Crippen molar-refractivity contribution in [3.05, 3.63) is 61.1 Å². The summed E-state index contributed by atoms with van der Waals surface area (Å²) in [5.41, 5.74) is 4.84. The summed E-state index contributed by atoms with van der Waals surface area (Å²) >= 11 is 0. The van der Waals surface area contributed by atoms with Gasteiger partial charge in [0.05, 0.1) is 25.2 Å². The Balaban J connectivity index is 1.68. The summed E-state index contributed by atoms with van der Waals surface area (Å²) in [7, 11) is 5.65. The van der Waals surface area contributed by atoms with Crippen LogP contribution in [0.3, 0.4) is 0 Å². The first kappa shape index (κ1) is 16.8. The zero-order chi connectivity index (χ0) is 18.8. The summed E-state index contributed by atoms with van der Waals surface area (Å²) in [6, 6.07) is 13.9. The molecule has 1 N–H and O–H groups in total. The molecule has 0 bridgehead atoms. The summed E-state index contributed by atoms with van der Waals surface area (Å²) in [5, 5.41) is 7.84.